The zero-order valence-electron chi connectivity index (χ0n) is 14.7. The fourth-order valence-electron chi connectivity index (χ4n) is 1.76. The topological polar surface area (TPSA) is 66.0 Å². The molecule has 0 aliphatic rings. The number of alkyl carbamates (subject to hydrolysis) is 1. The Bertz CT molecular complexity index is 362. The maximum absolute atomic E-state index is 11.5. The molecule has 1 amide bonds. The van der Waals surface area contributed by atoms with E-state index in [4.69, 9.17) is 4.74 Å². The summed E-state index contributed by atoms with van der Waals surface area (Å²) < 4.78 is 5.17. The van der Waals surface area contributed by atoms with E-state index in [1.54, 1.807) is 7.05 Å². The summed E-state index contributed by atoms with van der Waals surface area (Å²) >= 11 is 0. The molecule has 0 aliphatic heterocycles. The van der Waals surface area contributed by atoms with Crippen LogP contribution in [0.3, 0.4) is 0 Å². The number of allylic oxidation sites excluding steroid dienone is 1. The first-order valence-electron chi connectivity index (χ1n) is 7.79. The van der Waals surface area contributed by atoms with Crippen LogP contribution in [0.5, 0.6) is 0 Å². The average Bonchev–Trinajstić information content (AvgIpc) is 2.41. The van der Waals surface area contributed by atoms with Crippen LogP contribution in [0.4, 0.5) is 4.79 Å². The molecular formula is C16H32N4O2. The minimum absolute atomic E-state index is 0.376. The molecule has 6 nitrogen and oxygen atoms in total. The summed E-state index contributed by atoms with van der Waals surface area (Å²) in [5.74, 6) is 0.862. The van der Waals surface area contributed by atoms with Gasteiger partial charge in [0.2, 0.25) is 0 Å². The van der Waals surface area contributed by atoms with E-state index >= 15 is 0 Å². The van der Waals surface area contributed by atoms with E-state index in [2.05, 4.69) is 27.1 Å². The zero-order valence-corrected chi connectivity index (χ0v) is 14.7. The number of unbranched alkanes of at least 4 members (excludes halogenated alkanes) is 1. The summed E-state index contributed by atoms with van der Waals surface area (Å²) in [5, 5.41) is 6.01. The minimum atomic E-state index is -0.460. The second-order valence-electron chi connectivity index (χ2n) is 6.11. The van der Waals surface area contributed by atoms with E-state index in [1.807, 2.05) is 33.9 Å². The van der Waals surface area contributed by atoms with Gasteiger partial charge in [0.25, 0.3) is 0 Å². The van der Waals surface area contributed by atoms with Crippen LogP contribution >= 0.6 is 0 Å². The standard InChI is InChI=1S/C16H32N4O2/c1-7-8-9-13-20(6)14(17-5)18-11-10-12-19-15(21)22-16(2,3)4/h7H,1,8-13H2,2-6H3,(H,17,18)(H,19,21). The van der Waals surface area contributed by atoms with Crippen molar-refractivity contribution in [1.82, 2.24) is 15.5 Å². The molecule has 0 aliphatic carbocycles. The lowest BCUT2D eigenvalue weighted by atomic mass is 10.2. The number of carbonyl (C=O) groups is 1. The molecule has 0 saturated heterocycles. The highest BCUT2D eigenvalue weighted by Gasteiger charge is 2.15. The second-order valence-corrected chi connectivity index (χ2v) is 6.11. The number of nitrogens with zero attached hydrogens (tertiary/aromatic N) is 2. The van der Waals surface area contributed by atoms with Gasteiger partial charge >= 0.3 is 6.09 Å². The van der Waals surface area contributed by atoms with Crippen molar-refractivity contribution in [2.24, 2.45) is 4.99 Å². The van der Waals surface area contributed by atoms with Gasteiger partial charge in [-0.15, -0.1) is 6.58 Å². The van der Waals surface area contributed by atoms with E-state index in [0.717, 1.165) is 38.3 Å². The van der Waals surface area contributed by atoms with Gasteiger partial charge in [0.1, 0.15) is 5.60 Å². The normalized spacial score (nSPS) is 11.8. The molecular weight excluding hydrogens is 280 g/mol. The molecule has 0 saturated carbocycles. The number of hydrogen-bond donors (Lipinski definition) is 2. The smallest absolute Gasteiger partial charge is 0.407 e. The Balaban J connectivity index is 3.84. The van der Waals surface area contributed by atoms with Gasteiger partial charge in [0.15, 0.2) is 5.96 Å². The number of guanidine groups is 1. The second kappa shape index (κ2) is 10.9. The Morgan fingerprint density at radius 1 is 1.27 bits per heavy atom. The molecule has 22 heavy (non-hydrogen) atoms. The Hall–Kier alpha value is -1.72. The first kappa shape index (κ1) is 20.3. The number of aliphatic imine (C=N–C) groups is 1. The van der Waals surface area contributed by atoms with Gasteiger partial charge in [0.05, 0.1) is 0 Å². The highest BCUT2D eigenvalue weighted by atomic mass is 16.6. The van der Waals surface area contributed by atoms with Crippen molar-refractivity contribution in [2.75, 3.05) is 33.7 Å². The van der Waals surface area contributed by atoms with Crippen molar-refractivity contribution in [3.63, 3.8) is 0 Å². The Labute approximate surface area is 135 Å². The van der Waals surface area contributed by atoms with Crippen molar-refractivity contribution in [3.05, 3.63) is 12.7 Å². The van der Waals surface area contributed by atoms with Gasteiger partial charge < -0.3 is 20.3 Å². The van der Waals surface area contributed by atoms with Gasteiger partial charge in [-0.05, 0) is 40.0 Å². The van der Waals surface area contributed by atoms with Crippen molar-refractivity contribution in [3.8, 4) is 0 Å². The Kier molecular flexibility index (Phi) is 10.1. The quantitative estimate of drug-likeness (QED) is 0.312. The van der Waals surface area contributed by atoms with Crippen molar-refractivity contribution >= 4 is 12.1 Å². The molecule has 0 rings (SSSR count). The molecule has 2 N–H and O–H groups in total. The third kappa shape index (κ3) is 11.0. The zero-order chi connectivity index (χ0) is 17.0. The highest BCUT2D eigenvalue weighted by molar-refractivity contribution is 5.79. The Morgan fingerprint density at radius 3 is 2.45 bits per heavy atom. The molecule has 6 heteroatoms. The van der Waals surface area contributed by atoms with Gasteiger partial charge in [-0.1, -0.05) is 6.08 Å². The van der Waals surface area contributed by atoms with Gasteiger partial charge in [-0.2, -0.15) is 0 Å². The van der Waals surface area contributed by atoms with E-state index < -0.39 is 5.60 Å². The molecule has 0 bridgehead atoms. The fraction of sp³-hybridized carbons (Fsp3) is 0.750. The first-order chi connectivity index (χ1) is 10.3. The van der Waals surface area contributed by atoms with Crippen LogP contribution in [0.2, 0.25) is 0 Å². The molecule has 0 fully saturated rings. The molecule has 0 spiro atoms. The molecule has 0 aromatic heterocycles. The van der Waals surface area contributed by atoms with Crippen LogP contribution < -0.4 is 10.6 Å². The van der Waals surface area contributed by atoms with Gasteiger partial charge in [-0.25, -0.2) is 4.79 Å². The predicted molar refractivity (Wildman–Crippen MR) is 92.3 cm³/mol. The summed E-state index contributed by atoms with van der Waals surface area (Å²) in [6.45, 7) is 11.5. The third-order valence-corrected chi connectivity index (χ3v) is 2.78. The molecule has 0 aromatic carbocycles. The Morgan fingerprint density at radius 2 is 1.91 bits per heavy atom. The third-order valence-electron chi connectivity index (χ3n) is 2.78. The molecule has 0 atom stereocenters. The predicted octanol–water partition coefficient (Wildman–Crippen LogP) is 2.37. The lowest BCUT2D eigenvalue weighted by Crippen LogP contribution is -2.40. The maximum Gasteiger partial charge on any atom is 0.407 e. The summed E-state index contributed by atoms with van der Waals surface area (Å²) in [6, 6.07) is 0. The number of amides is 1. The number of ether oxygens (including phenoxy) is 1. The highest BCUT2D eigenvalue weighted by Crippen LogP contribution is 2.06. The summed E-state index contributed by atoms with van der Waals surface area (Å²) in [7, 11) is 3.78. The number of hydrogen-bond acceptors (Lipinski definition) is 3. The van der Waals surface area contributed by atoms with Crippen LogP contribution in [0.25, 0.3) is 0 Å². The van der Waals surface area contributed by atoms with Crippen LogP contribution in [0, 0.1) is 0 Å². The van der Waals surface area contributed by atoms with Crippen LogP contribution in [-0.2, 0) is 4.74 Å². The lowest BCUT2D eigenvalue weighted by molar-refractivity contribution is 0.0527. The van der Waals surface area contributed by atoms with E-state index in [9.17, 15) is 4.79 Å². The molecule has 0 unspecified atom stereocenters. The number of carbonyl (C=O) groups excluding carboxylic acids is 1. The van der Waals surface area contributed by atoms with E-state index in [-0.39, 0.29) is 6.09 Å². The fourth-order valence-corrected chi connectivity index (χ4v) is 1.76. The molecule has 0 radical (unpaired) electrons. The number of rotatable bonds is 8. The van der Waals surface area contributed by atoms with Crippen LogP contribution in [0.15, 0.2) is 17.6 Å². The summed E-state index contributed by atoms with van der Waals surface area (Å²) in [5.41, 5.74) is -0.460. The number of nitrogens with one attached hydrogen (secondary N) is 2. The monoisotopic (exact) mass is 312 g/mol. The maximum atomic E-state index is 11.5. The SMILES string of the molecule is C=CCCCN(C)C(=NC)NCCCNC(=O)OC(C)(C)C. The molecule has 128 valence electrons. The minimum Gasteiger partial charge on any atom is -0.444 e. The molecule has 0 heterocycles. The summed E-state index contributed by atoms with van der Waals surface area (Å²) in [6.07, 6.45) is 4.41. The van der Waals surface area contributed by atoms with E-state index in [0.29, 0.717) is 6.54 Å². The first-order valence-corrected chi connectivity index (χ1v) is 7.79. The van der Waals surface area contributed by atoms with Crippen molar-refractivity contribution < 1.29 is 9.53 Å². The van der Waals surface area contributed by atoms with Crippen LogP contribution in [-0.4, -0.2) is 56.3 Å². The van der Waals surface area contributed by atoms with E-state index in [1.165, 1.54) is 0 Å². The average molecular weight is 312 g/mol. The van der Waals surface area contributed by atoms with Gasteiger partial charge in [0, 0.05) is 33.7 Å². The largest absolute Gasteiger partial charge is 0.444 e. The van der Waals surface area contributed by atoms with Crippen LogP contribution in [0.1, 0.15) is 40.0 Å². The summed E-state index contributed by atoms with van der Waals surface area (Å²) in [4.78, 5) is 17.8. The van der Waals surface area contributed by atoms with Gasteiger partial charge in [-0.3, -0.25) is 4.99 Å². The molecule has 0 aromatic rings. The van der Waals surface area contributed by atoms with Crippen molar-refractivity contribution in [1.29, 1.82) is 0 Å². The lowest BCUT2D eigenvalue weighted by Gasteiger charge is -2.22. The van der Waals surface area contributed by atoms with Crippen molar-refractivity contribution in [2.45, 2.75) is 45.6 Å².